The summed E-state index contributed by atoms with van der Waals surface area (Å²) in [6.07, 6.45) is 1.03. The highest BCUT2D eigenvalue weighted by molar-refractivity contribution is 5.94. The molecule has 0 spiro atoms. The zero-order valence-corrected chi connectivity index (χ0v) is 14.3. The van der Waals surface area contributed by atoms with Crippen molar-refractivity contribution in [3.05, 3.63) is 56.9 Å². The molecule has 9 nitrogen and oxygen atoms in total. The number of aromatic carboxylic acids is 1. The number of hydrogen-bond acceptors (Lipinski definition) is 4. The first-order valence-electron chi connectivity index (χ1n) is 8.11. The van der Waals surface area contributed by atoms with Crippen molar-refractivity contribution in [2.45, 2.75) is 26.4 Å². The summed E-state index contributed by atoms with van der Waals surface area (Å²) in [4.78, 5) is 49.3. The molecule has 2 aromatic rings. The molecular weight excluding hydrogens is 340 g/mol. The number of carboxylic acid groups (broad SMARTS) is 1. The molecule has 1 saturated heterocycles. The number of anilines is 1. The van der Waals surface area contributed by atoms with E-state index in [0.717, 1.165) is 15.3 Å². The molecule has 0 bridgehead atoms. The molecule has 0 radical (unpaired) electrons. The Kier molecular flexibility index (Phi) is 4.37. The van der Waals surface area contributed by atoms with Gasteiger partial charge in [-0.1, -0.05) is 0 Å². The minimum Gasteiger partial charge on any atom is -0.477 e. The zero-order chi connectivity index (χ0) is 19.0. The van der Waals surface area contributed by atoms with E-state index < -0.39 is 22.8 Å². The van der Waals surface area contributed by atoms with Crippen LogP contribution in [0.4, 0.5) is 10.5 Å². The lowest BCUT2D eigenvalue weighted by Gasteiger charge is -2.16. The number of amides is 2. The Hall–Kier alpha value is -3.36. The van der Waals surface area contributed by atoms with Gasteiger partial charge in [-0.15, -0.1) is 0 Å². The highest BCUT2D eigenvalue weighted by Crippen LogP contribution is 2.20. The zero-order valence-electron chi connectivity index (χ0n) is 14.3. The highest BCUT2D eigenvalue weighted by atomic mass is 16.4. The van der Waals surface area contributed by atoms with E-state index in [1.807, 2.05) is 6.92 Å². The van der Waals surface area contributed by atoms with E-state index in [4.69, 9.17) is 0 Å². The van der Waals surface area contributed by atoms with Crippen LogP contribution < -0.4 is 21.5 Å². The van der Waals surface area contributed by atoms with Crippen molar-refractivity contribution < 1.29 is 14.7 Å². The van der Waals surface area contributed by atoms with Gasteiger partial charge in [0.1, 0.15) is 5.56 Å². The molecule has 2 heterocycles. The van der Waals surface area contributed by atoms with Gasteiger partial charge in [0.15, 0.2) is 0 Å². The van der Waals surface area contributed by atoms with Gasteiger partial charge in [-0.25, -0.2) is 14.4 Å². The summed E-state index contributed by atoms with van der Waals surface area (Å²) in [5.74, 6) is -1.40. The largest absolute Gasteiger partial charge is 0.477 e. The molecule has 9 heteroatoms. The van der Waals surface area contributed by atoms with E-state index in [1.165, 1.54) is 0 Å². The smallest absolute Gasteiger partial charge is 0.342 e. The van der Waals surface area contributed by atoms with Gasteiger partial charge in [-0.05, 0) is 38.1 Å². The van der Waals surface area contributed by atoms with E-state index in [2.05, 4.69) is 5.32 Å². The van der Waals surface area contributed by atoms with Gasteiger partial charge in [0, 0.05) is 31.0 Å². The van der Waals surface area contributed by atoms with Crippen LogP contribution in [-0.2, 0) is 6.54 Å². The van der Waals surface area contributed by atoms with Crippen molar-refractivity contribution in [3.63, 3.8) is 0 Å². The van der Waals surface area contributed by atoms with Crippen molar-refractivity contribution in [1.29, 1.82) is 0 Å². The van der Waals surface area contributed by atoms with E-state index in [1.54, 1.807) is 36.1 Å². The Morgan fingerprint density at radius 1 is 1.19 bits per heavy atom. The van der Waals surface area contributed by atoms with E-state index >= 15 is 0 Å². The summed E-state index contributed by atoms with van der Waals surface area (Å²) in [6, 6.07) is 6.38. The number of nitrogens with zero attached hydrogens (tertiary/aromatic N) is 3. The second-order valence-corrected chi connectivity index (χ2v) is 6.03. The van der Waals surface area contributed by atoms with Crippen molar-refractivity contribution in [2.24, 2.45) is 0 Å². The first-order chi connectivity index (χ1) is 12.3. The van der Waals surface area contributed by atoms with E-state index in [-0.39, 0.29) is 18.6 Å². The number of rotatable bonds is 4. The van der Waals surface area contributed by atoms with Crippen LogP contribution in [0.2, 0.25) is 0 Å². The number of aromatic nitrogens is 2. The molecule has 1 atom stereocenters. The van der Waals surface area contributed by atoms with Crippen LogP contribution in [0.25, 0.3) is 5.69 Å². The Balaban J connectivity index is 2.06. The predicted octanol–water partition coefficient (Wildman–Crippen LogP) is 0.635. The summed E-state index contributed by atoms with van der Waals surface area (Å²) in [5.41, 5.74) is -0.881. The lowest BCUT2D eigenvalue weighted by atomic mass is 10.2. The second-order valence-electron chi connectivity index (χ2n) is 6.03. The summed E-state index contributed by atoms with van der Waals surface area (Å²) in [5, 5.41) is 12.0. The molecule has 2 N–H and O–H groups in total. The van der Waals surface area contributed by atoms with Crippen LogP contribution in [0.5, 0.6) is 0 Å². The van der Waals surface area contributed by atoms with Gasteiger partial charge in [-0.3, -0.25) is 18.8 Å². The number of benzene rings is 1. The van der Waals surface area contributed by atoms with Gasteiger partial charge >= 0.3 is 17.7 Å². The maximum atomic E-state index is 12.5. The standard InChI is InChI=1S/C17H18N4O5/c1-3-19-14(22)13(15(23)24)9-21(17(19)26)12-6-4-11(5-7-12)20-8-10(2)18-16(20)25/h4-7,9-10H,3,8H2,1-2H3,(H,18,25)(H,23,24). The predicted molar refractivity (Wildman–Crippen MR) is 94.3 cm³/mol. The number of hydrogen-bond donors (Lipinski definition) is 2. The van der Waals surface area contributed by atoms with Gasteiger partial charge in [-0.2, -0.15) is 0 Å². The van der Waals surface area contributed by atoms with Gasteiger partial charge < -0.3 is 10.4 Å². The lowest BCUT2D eigenvalue weighted by Crippen LogP contribution is -2.41. The summed E-state index contributed by atoms with van der Waals surface area (Å²) >= 11 is 0. The molecule has 1 aromatic heterocycles. The van der Waals surface area contributed by atoms with Crippen LogP contribution in [0.1, 0.15) is 24.2 Å². The number of carbonyl (C=O) groups excluding carboxylic acids is 1. The van der Waals surface area contributed by atoms with E-state index in [0.29, 0.717) is 17.9 Å². The average Bonchev–Trinajstić information content (AvgIpc) is 2.94. The van der Waals surface area contributed by atoms with Crippen LogP contribution in [-0.4, -0.2) is 38.8 Å². The van der Waals surface area contributed by atoms with Crippen LogP contribution in [0, 0.1) is 0 Å². The van der Waals surface area contributed by atoms with Gasteiger partial charge in [0.25, 0.3) is 5.56 Å². The molecule has 26 heavy (non-hydrogen) atoms. The summed E-state index contributed by atoms with van der Waals surface area (Å²) in [7, 11) is 0. The number of carbonyl (C=O) groups is 2. The highest BCUT2D eigenvalue weighted by Gasteiger charge is 2.26. The summed E-state index contributed by atoms with van der Waals surface area (Å²) < 4.78 is 1.98. The fourth-order valence-electron chi connectivity index (χ4n) is 2.92. The molecule has 2 amide bonds. The molecule has 1 aromatic carbocycles. The maximum Gasteiger partial charge on any atom is 0.342 e. The van der Waals surface area contributed by atoms with Crippen molar-refractivity contribution >= 4 is 17.7 Å². The molecular formula is C17H18N4O5. The molecule has 0 saturated carbocycles. The Morgan fingerprint density at radius 2 is 1.81 bits per heavy atom. The van der Waals surface area contributed by atoms with Crippen molar-refractivity contribution in [1.82, 2.24) is 14.5 Å². The topological polar surface area (TPSA) is 114 Å². The molecule has 1 aliphatic rings. The Labute approximate surface area is 148 Å². The maximum absolute atomic E-state index is 12.5. The monoisotopic (exact) mass is 358 g/mol. The SMILES string of the molecule is CCn1c(=O)c(C(=O)O)cn(-c2ccc(N3CC(C)NC3=O)cc2)c1=O. The molecule has 3 rings (SSSR count). The molecule has 1 unspecified atom stereocenters. The van der Waals surface area contributed by atoms with Gasteiger partial charge in [0.2, 0.25) is 0 Å². The molecule has 1 aliphatic heterocycles. The third kappa shape index (κ3) is 2.87. The van der Waals surface area contributed by atoms with Crippen molar-refractivity contribution in [3.8, 4) is 5.69 Å². The molecule has 136 valence electrons. The fourth-order valence-corrected chi connectivity index (χ4v) is 2.92. The van der Waals surface area contributed by atoms with Gasteiger partial charge in [0.05, 0.1) is 5.69 Å². The second kappa shape index (κ2) is 6.51. The van der Waals surface area contributed by atoms with Crippen LogP contribution >= 0.6 is 0 Å². The summed E-state index contributed by atoms with van der Waals surface area (Å²) in [6.45, 7) is 4.08. The third-order valence-corrected chi connectivity index (χ3v) is 4.23. The normalized spacial score (nSPS) is 16.6. The van der Waals surface area contributed by atoms with Crippen LogP contribution in [0.3, 0.4) is 0 Å². The minimum absolute atomic E-state index is 0.0380. The lowest BCUT2D eigenvalue weighted by molar-refractivity contribution is 0.0693. The average molecular weight is 358 g/mol. The Morgan fingerprint density at radius 3 is 2.31 bits per heavy atom. The number of carboxylic acids is 1. The van der Waals surface area contributed by atoms with E-state index in [9.17, 15) is 24.3 Å². The Bertz CT molecular complexity index is 990. The number of urea groups is 1. The minimum atomic E-state index is -1.40. The quantitative estimate of drug-likeness (QED) is 0.832. The first kappa shape index (κ1) is 17.5. The molecule has 0 aliphatic carbocycles. The first-order valence-corrected chi connectivity index (χ1v) is 8.11. The van der Waals surface area contributed by atoms with Crippen LogP contribution in [0.15, 0.2) is 40.1 Å². The number of nitrogens with one attached hydrogen (secondary N) is 1. The third-order valence-electron chi connectivity index (χ3n) is 4.23. The van der Waals surface area contributed by atoms with Crippen molar-refractivity contribution in [2.75, 3.05) is 11.4 Å². The fraction of sp³-hybridized carbons (Fsp3) is 0.294. The molecule has 1 fully saturated rings.